The van der Waals surface area contributed by atoms with E-state index in [9.17, 15) is 0 Å². The Morgan fingerprint density at radius 2 is 1.62 bits per heavy atom. The maximum Gasteiger partial charge on any atom is 0.135 e. The van der Waals surface area contributed by atoms with E-state index in [4.69, 9.17) is 4.74 Å². The number of pyridine rings is 1. The number of aromatic nitrogens is 1. The number of halogens is 1. The fourth-order valence-electron chi connectivity index (χ4n) is 7.81. The number of piperidine rings is 3. The van der Waals surface area contributed by atoms with Crippen LogP contribution in [0.2, 0.25) is 0 Å². The molecule has 3 saturated heterocycles. The summed E-state index contributed by atoms with van der Waals surface area (Å²) in [6.45, 7) is 7.59. The Labute approximate surface area is 248 Å². The van der Waals surface area contributed by atoms with Gasteiger partial charge in [0.05, 0.1) is 18.6 Å². The molecule has 5 aromatic rings. The molecule has 3 fully saturated rings. The number of nitrogens with zero attached hydrogens (tertiary/aromatic N) is 2. The Morgan fingerprint density at radius 1 is 0.949 bits per heavy atom. The lowest BCUT2D eigenvalue weighted by atomic mass is 9.71. The number of rotatable bonds is 6. The van der Waals surface area contributed by atoms with Crippen LogP contribution in [-0.4, -0.2) is 35.7 Å². The van der Waals surface area contributed by atoms with Crippen molar-refractivity contribution >= 4 is 32.4 Å². The molecule has 0 amide bonds. The van der Waals surface area contributed by atoms with Gasteiger partial charge in [-0.2, -0.15) is 0 Å². The fourth-order valence-corrected chi connectivity index (χ4v) is 7.81. The molecule has 0 N–H and O–H groups in total. The van der Waals surface area contributed by atoms with Gasteiger partial charge in [0.1, 0.15) is 18.7 Å². The van der Waals surface area contributed by atoms with Gasteiger partial charge in [0.25, 0.3) is 0 Å². The van der Waals surface area contributed by atoms with Crippen LogP contribution in [0.15, 0.2) is 104 Å². The minimum atomic E-state index is 0. The highest BCUT2D eigenvalue weighted by molar-refractivity contribution is 6.02. The Bertz CT molecular complexity index is 1610. The average Bonchev–Trinajstić information content (AvgIpc) is 2.98. The summed E-state index contributed by atoms with van der Waals surface area (Å²) in [5.74, 6) is 1.22. The Hall–Kier alpha value is -2.80. The lowest BCUT2D eigenvalue weighted by Gasteiger charge is -2.58. The van der Waals surface area contributed by atoms with Crippen LogP contribution < -0.4 is 24.0 Å². The van der Waals surface area contributed by atoms with E-state index < -0.39 is 0 Å². The van der Waals surface area contributed by atoms with E-state index in [1.54, 1.807) is 0 Å². The molecule has 0 spiro atoms. The maximum absolute atomic E-state index is 6.47. The van der Waals surface area contributed by atoms with Crippen molar-refractivity contribution in [3.05, 3.63) is 115 Å². The molecule has 4 heteroatoms. The van der Waals surface area contributed by atoms with Crippen LogP contribution in [0.3, 0.4) is 0 Å². The molecule has 0 saturated carbocycles. The maximum atomic E-state index is 6.47. The summed E-state index contributed by atoms with van der Waals surface area (Å²) in [4.78, 5) is 4.66. The predicted molar refractivity (Wildman–Crippen MR) is 157 cm³/mol. The number of hydrogen-bond acceptors (Lipinski definition) is 2. The zero-order chi connectivity index (χ0) is 25.7. The third-order valence-electron chi connectivity index (χ3n) is 9.62. The minimum absolute atomic E-state index is 0. The number of para-hydroxylation sites is 1. The van der Waals surface area contributed by atoms with Crippen LogP contribution >= 0.6 is 0 Å². The lowest BCUT2D eigenvalue weighted by molar-refractivity contribution is -0.984. The molecular formula is C35H35IN2O. The van der Waals surface area contributed by atoms with Crippen LogP contribution in [0.1, 0.15) is 30.1 Å². The number of benzene rings is 4. The number of fused-ring (bicyclic) bond motifs is 6. The van der Waals surface area contributed by atoms with E-state index in [2.05, 4.69) is 103 Å². The van der Waals surface area contributed by atoms with Crippen molar-refractivity contribution in [2.24, 2.45) is 11.8 Å². The minimum Gasteiger partial charge on any atom is -1.00 e. The van der Waals surface area contributed by atoms with Crippen molar-refractivity contribution in [2.45, 2.75) is 31.5 Å². The highest BCUT2D eigenvalue weighted by atomic mass is 127. The Balaban J connectivity index is 0.00000277. The summed E-state index contributed by atoms with van der Waals surface area (Å²) in [7, 11) is 1.90. The quantitative estimate of drug-likeness (QED) is 0.117. The van der Waals surface area contributed by atoms with Crippen molar-refractivity contribution in [3.63, 3.8) is 0 Å². The van der Waals surface area contributed by atoms with E-state index in [0.717, 1.165) is 29.5 Å². The van der Waals surface area contributed by atoms with Gasteiger partial charge in [0.15, 0.2) is 0 Å². The van der Waals surface area contributed by atoms with Gasteiger partial charge in [0.2, 0.25) is 0 Å². The van der Waals surface area contributed by atoms with Gasteiger partial charge < -0.3 is 33.2 Å². The molecule has 8 rings (SSSR count). The zero-order valence-electron chi connectivity index (χ0n) is 22.5. The first-order valence-corrected chi connectivity index (χ1v) is 13.9. The van der Waals surface area contributed by atoms with E-state index in [1.807, 2.05) is 13.3 Å². The first-order chi connectivity index (χ1) is 18.7. The normalized spacial score (nSPS) is 25.0. The number of quaternary nitrogens is 1. The van der Waals surface area contributed by atoms with Gasteiger partial charge in [-0.05, 0) is 51.2 Å². The number of hydrogen-bond donors (Lipinski definition) is 0. The average molecular weight is 627 g/mol. The van der Waals surface area contributed by atoms with Crippen molar-refractivity contribution in [2.75, 3.05) is 20.2 Å². The fraction of sp³-hybridized carbons (Fsp3) is 0.286. The summed E-state index contributed by atoms with van der Waals surface area (Å²) in [6.07, 6.45) is 6.61. The van der Waals surface area contributed by atoms with Crippen LogP contribution in [0.4, 0.5) is 0 Å². The van der Waals surface area contributed by atoms with Gasteiger partial charge in [-0.3, -0.25) is 4.98 Å². The first kappa shape index (κ1) is 26.4. The van der Waals surface area contributed by atoms with Crippen LogP contribution in [0.25, 0.3) is 32.4 Å². The van der Waals surface area contributed by atoms with Gasteiger partial charge in [0, 0.05) is 43.0 Å². The van der Waals surface area contributed by atoms with E-state index in [1.165, 1.54) is 51.0 Å². The summed E-state index contributed by atoms with van der Waals surface area (Å²) >= 11 is 0. The van der Waals surface area contributed by atoms with Crippen molar-refractivity contribution in [1.82, 2.24) is 4.98 Å². The highest BCUT2D eigenvalue weighted by Gasteiger charge is 2.54. The second-order valence-electron chi connectivity index (χ2n) is 11.4. The second-order valence-corrected chi connectivity index (χ2v) is 11.4. The van der Waals surface area contributed by atoms with Gasteiger partial charge in [-0.1, -0.05) is 72.8 Å². The van der Waals surface area contributed by atoms with Crippen LogP contribution in [0.5, 0.6) is 0 Å². The molecule has 39 heavy (non-hydrogen) atoms. The SMILES string of the molecule is C=CC1C[N+]2(Cc3c4ccccc4cc4ccccc34)CCC1C[C@H]2[C@H](OC)c1ccnc2ccccc12.[I-]. The molecule has 3 aliphatic rings. The van der Waals surface area contributed by atoms with Crippen LogP contribution in [0, 0.1) is 11.8 Å². The number of methoxy groups -OCH3 is 1. The molecule has 198 valence electrons. The third-order valence-corrected chi connectivity index (χ3v) is 9.62. The molecule has 3 unspecified atom stereocenters. The van der Waals surface area contributed by atoms with E-state index >= 15 is 0 Å². The van der Waals surface area contributed by atoms with E-state index in [-0.39, 0.29) is 30.1 Å². The largest absolute Gasteiger partial charge is 1.00 e. The van der Waals surface area contributed by atoms with Crippen molar-refractivity contribution in [3.8, 4) is 0 Å². The molecule has 5 atom stereocenters. The lowest BCUT2D eigenvalue weighted by Crippen LogP contribution is -3.00. The number of ether oxygens (including phenoxy) is 1. The third kappa shape index (κ3) is 4.37. The van der Waals surface area contributed by atoms with Gasteiger partial charge >= 0.3 is 0 Å². The van der Waals surface area contributed by atoms with Crippen molar-refractivity contribution < 1.29 is 33.2 Å². The first-order valence-electron chi connectivity index (χ1n) is 13.9. The monoisotopic (exact) mass is 626 g/mol. The summed E-state index contributed by atoms with van der Waals surface area (Å²) in [5, 5.41) is 6.61. The Morgan fingerprint density at radius 3 is 2.31 bits per heavy atom. The smallest absolute Gasteiger partial charge is 0.135 e. The molecule has 1 aromatic heterocycles. The summed E-state index contributed by atoms with van der Waals surface area (Å²) < 4.78 is 7.52. The molecular weight excluding hydrogens is 591 g/mol. The molecule has 3 nitrogen and oxygen atoms in total. The molecule has 3 aliphatic heterocycles. The highest BCUT2D eigenvalue weighted by Crippen LogP contribution is 2.49. The molecule has 0 aliphatic carbocycles. The topological polar surface area (TPSA) is 22.1 Å². The predicted octanol–water partition coefficient (Wildman–Crippen LogP) is 4.84. The zero-order valence-corrected chi connectivity index (χ0v) is 24.6. The van der Waals surface area contributed by atoms with E-state index in [0.29, 0.717) is 17.9 Å². The summed E-state index contributed by atoms with van der Waals surface area (Å²) in [6, 6.07) is 31.3. The van der Waals surface area contributed by atoms with Crippen molar-refractivity contribution in [1.29, 1.82) is 0 Å². The molecule has 2 bridgehead atoms. The van der Waals surface area contributed by atoms with Gasteiger partial charge in [-0.25, -0.2) is 0 Å². The molecule has 4 aromatic carbocycles. The summed E-state index contributed by atoms with van der Waals surface area (Å²) in [5.41, 5.74) is 3.78. The molecule has 4 heterocycles. The molecule has 0 radical (unpaired) electrons. The van der Waals surface area contributed by atoms with Crippen LogP contribution in [-0.2, 0) is 11.3 Å². The Kier molecular flexibility index (Phi) is 7.21. The van der Waals surface area contributed by atoms with Gasteiger partial charge in [-0.15, -0.1) is 6.58 Å². The second kappa shape index (κ2) is 10.6. The standard InChI is InChI=1S/C35H35N2O.HI/c1-3-24-22-37(23-32-28-12-6-4-10-26(28)20-27-11-5-7-13-29(27)32)19-17-25(24)21-34(37)35(38-2)31-16-18-36-33-15-9-8-14-30(31)33;/h3-16,18,20,24-25,34-35H,1,17,19,21-23H2,2H3;1H/q+1;/p-1/t24?,25?,34-,35+,37?;/m0./s1.